The molecule has 5 heteroatoms. The summed E-state index contributed by atoms with van der Waals surface area (Å²) in [6.07, 6.45) is 0. The van der Waals surface area contributed by atoms with Crippen LogP contribution in [0.2, 0.25) is 0 Å². The van der Waals surface area contributed by atoms with Gasteiger partial charge in [0.15, 0.2) is 0 Å². The van der Waals surface area contributed by atoms with E-state index in [4.69, 9.17) is 0 Å². The number of anilines is 2. The van der Waals surface area contributed by atoms with Crippen LogP contribution in [0.25, 0.3) is 0 Å². The van der Waals surface area contributed by atoms with Crippen LogP contribution in [0.5, 0.6) is 0 Å². The second-order valence-electron chi connectivity index (χ2n) is 3.22. The van der Waals surface area contributed by atoms with Crippen molar-refractivity contribution < 1.29 is 37.6 Å². The predicted molar refractivity (Wildman–Crippen MR) is 61.7 cm³/mol. The van der Waals surface area contributed by atoms with Crippen molar-refractivity contribution in [1.29, 1.82) is 0 Å². The molecule has 4 nitrogen and oxygen atoms in total. The quantitative estimate of drug-likeness (QED) is 0.538. The second-order valence-corrected chi connectivity index (χ2v) is 3.22. The van der Waals surface area contributed by atoms with Crippen LogP contribution in [0.3, 0.4) is 0 Å². The van der Waals surface area contributed by atoms with Crippen LogP contribution >= 0.6 is 0 Å². The number of rotatable bonds is 3. The largest absolute Gasteiger partial charge is 0.409 e. The number of benzene rings is 2. The molecule has 2 rings (SSSR count). The molecule has 0 fully saturated rings. The Morgan fingerprint density at radius 1 is 1.12 bits per heavy atom. The fourth-order valence-corrected chi connectivity index (χ4v) is 1.30. The molecule has 0 atom stereocenters. The number of hydrogen-bond acceptors (Lipinski definition) is 3. The first kappa shape index (κ1) is 13.8. The van der Waals surface area contributed by atoms with Crippen LogP contribution in [-0.2, 0) is 32.7 Å². The fraction of sp³-hybridized carbons (Fsp3) is 0. The summed E-state index contributed by atoms with van der Waals surface area (Å²) in [6.45, 7) is 0. The zero-order chi connectivity index (χ0) is 11.4. The van der Waals surface area contributed by atoms with E-state index in [1.165, 1.54) is 12.1 Å². The summed E-state index contributed by atoms with van der Waals surface area (Å²) in [7, 11) is 0. The summed E-state index contributed by atoms with van der Waals surface area (Å²) in [5.41, 5.74) is 1.80. The van der Waals surface area contributed by atoms with Gasteiger partial charge in [0, 0.05) is 50.5 Å². The molecule has 2 aromatic rings. The van der Waals surface area contributed by atoms with Gasteiger partial charge < -0.3 is 5.32 Å². The Morgan fingerprint density at radius 2 is 1.82 bits per heavy atom. The normalized spacial score (nSPS) is 9.18. The molecule has 0 saturated heterocycles. The first-order valence-electron chi connectivity index (χ1n) is 4.73. The molecule has 1 N–H and O–H groups in total. The number of nitro groups is 1. The molecule has 83 valence electrons. The zero-order valence-electron chi connectivity index (χ0n) is 8.96. The molecule has 17 heavy (non-hydrogen) atoms. The van der Waals surface area contributed by atoms with E-state index in [-0.39, 0.29) is 38.4 Å². The minimum absolute atomic E-state index is 0. The third-order valence-corrected chi connectivity index (χ3v) is 2.07. The topological polar surface area (TPSA) is 55.2 Å². The van der Waals surface area contributed by atoms with Gasteiger partial charge in [-0.05, 0) is 12.1 Å². The summed E-state index contributed by atoms with van der Waals surface area (Å²) in [5.74, 6) is 0. The van der Waals surface area contributed by atoms with Gasteiger partial charge in [-0.3, -0.25) is 10.1 Å². The van der Waals surface area contributed by atoms with Crippen molar-refractivity contribution >= 4 is 17.1 Å². The first-order valence-corrected chi connectivity index (χ1v) is 4.73. The van der Waals surface area contributed by atoms with Crippen molar-refractivity contribution in [3.8, 4) is 0 Å². The average Bonchev–Trinajstić information content (AvgIpc) is 2.31. The smallest absolute Gasteiger partial charge is 0.269 e. The standard InChI is InChI=1S/C12H9N2O2.Y/c15-14(16)12-8-6-11(7-9-12)13-10-4-2-1-3-5-10;/h1-2,4-9,13H;/q-1;. The molecule has 0 aliphatic carbocycles. The molecule has 0 aromatic heterocycles. The van der Waals surface area contributed by atoms with Crippen molar-refractivity contribution in [2.24, 2.45) is 0 Å². The molecular formula is C12H9N2O2Y-. The Balaban J connectivity index is 0.00000144. The predicted octanol–water partition coefficient (Wildman–Crippen LogP) is 3.14. The van der Waals surface area contributed by atoms with Crippen LogP contribution in [0.1, 0.15) is 0 Å². The van der Waals surface area contributed by atoms with Crippen LogP contribution in [0.4, 0.5) is 17.1 Å². The number of nitrogens with zero attached hydrogens (tertiary/aromatic N) is 1. The maximum atomic E-state index is 10.5. The Morgan fingerprint density at radius 3 is 2.35 bits per heavy atom. The second kappa shape index (κ2) is 6.47. The van der Waals surface area contributed by atoms with Gasteiger partial charge in [-0.25, -0.2) is 0 Å². The molecular weight excluding hydrogens is 293 g/mol. The van der Waals surface area contributed by atoms with Crippen molar-refractivity contribution in [2.75, 3.05) is 5.32 Å². The molecule has 0 saturated carbocycles. The molecule has 0 heterocycles. The number of nitro benzene ring substituents is 1. The van der Waals surface area contributed by atoms with Crippen LogP contribution in [0.15, 0.2) is 48.5 Å². The number of nitrogens with one attached hydrogen (secondary N) is 1. The van der Waals surface area contributed by atoms with Crippen molar-refractivity contribution in [3.05, 3.63) is 64.7 Å². The third-order valence-electron chi connectivity index (χ3n) is 2.07. The van der Waals surface area contributed by atoms with E-state index in [1.54, 1.807) is 24.3 Å². The molecule has 0 bridgehead atoms. The molecule has 1 radical (unpaired) electrons. The van der Waals surface area contributed by atoms with Crippen LogP contribution < -0.4 is 5.32 Å². The molecule has 0 spiro atoms. The Bertz CT molecular complexity index is 486. The Hall–Kier alpha value is -1.26. The summed E-state index contributed by atoms with van der Waals surface area (Å²) in [5, 5.41) is 13.6. The SMILES string of the molecule is O=[N+]([O-])c1ccc(Nc2c[c-]ccc2)cc1.[Y]. The van der Waals surface area contributed by atoms with E-state index in [9.17, 15) is 10.1 Å². The van der Waals surface area contributed by atoms with Crippen LogP contribution in [0, 0.1) is 16.2 Å². The minimum atomic E-state index is -0.417. The van der Waals surface area contributed by atoms with Gasteiger partial charge in [0.05, 0.1) is 4.92 Å². The number of non-ortho nitro benzene ring substituents is 1. The maximum Gasteiger partial charge on any atom is 0.269 e. The van der Waals surface area contributed by atoms with E-state index in [0.29, 0.717) is 0 Å². The maximum absolute atomic E-state index is 10.5. The van der Waals surface area contributed by atoms with Crippen molar-refractivity contribution in [3.63, 3.8) is 0 Å². The third kappa shape index (κ3) is 3.91. The summed E-state index contributed by atoms with van der Waals surface area (Å²) in [4.78, 5) is 10.0. The van der Waals surface area contributed by atoms with Crippen molar-refractivity contribution in [2.45, 2.75) is 0 Å². The van der Waals surface area contributed by atoms with E-state index in [2.05, 4.69) is 11.4 Å². The van der Waals surface area contributed by atoms with E-state index in [0.717, 1.165) is 11.4 Å². The molecule has 0 aliphatic rings. The first-order chi connectivity index (χ1) is 7.75. The van der Waals surface area contributed by atoms with Gasteiger partial charge in [0.1, 0.15) is 0 Å². The molecule has 0 amide bonds. The van der Waals surface area contributed by atoms with Crippen LogP contribution in [-0.4, -0.2) is 4.92 Å². The monoisotopic (exact) mass is 302 g/mol. The minimum Gasteiger partial charge on any atom is -0.409 e. The van der Waals surface area contributed by atoms with Gasteiger partial charge >= 0.3 is 0 Å². The van der Waals surface area contributed by atoms with E-state index >= 15 is 0 Å². The van der Waals surface area contributed by atoms with Gasteiger partial charge in [-0.1, -0.05) is 5.69 Å². The molecule has 2 aromatic carbocycles. The van der Waals surface area contributed by atoms with Gasteiger partial charge in [0.25, 0.3) is 5.69 Å². The Kier molecular flexibility index (Phi) is 5.26. The van der Waals surface area contributed by atoms with Gasteiger partial charge in [-0.2, -0.15) is 24.3 Å². The zero-order valence-corrected chi connectivity index (χ0v) is 11.8. The van der Waals surface area contributed by atoms with Gasteiger partial charge in [-0.15, -0.1) is 6.07 Å². The summed E-state index contributed by atoms with van der Waals surface area (Å²) >= 11 is 0. The van der Waals surface area contributed by atoms with Crippen molar-refractivity contribution in [1.82, 2.24) is 0 Å². The van der Waals surface area contributed by atoms with E-state index < -0.39 is 4.92 Å². The fourth-order valence-electron chi connectivity index (χ4n) is 1.30. The summed E-state index contributed by atoms with van der Waals surface area (Å²) < 4.78 is 0. The van der Waals surface area contributed by atoms with Gasteiger partial charge in [0.2, 0.25) is 0 Å². The molecule has 0 unspecified atom stereocenters. The molecule has 0 aliphatic heterocycles. The van der Waals surface area contributed by atoms with E-state index in [1.807, 2.05) is 12.1 Å². The summed E-state index contributed by atoms with van der Waals surface area (Å²) in [6, 6.07) is 16.6. The average molecular weight is 302 g/mol. The Labute approximate surface area is 124 Å². The number of hydrogen-bond donors (Lipinski definition) is 1.